The van der Waals surface area contributed by atoms with Gasteiger partial charge in [0, 0.05) is 37.8 Å². The van der Waals surface area contributed by atoms with Gasteiger partial charge in [0.15, 0.2) is 0 Å². The van der Waals surface area contributed by atoms with E-state index in [0.717, 1.165) is 31.7 Å². The lowest BCUT2D eigenvalue weighted by Crippen LogP contribution is -2.45. The summed E-state index contributed by atoms with van der Waals surface area (Å²) in [6, 6.07) is 5.13. The smallest absolute Gasteiger partial charge is 0.120 e. The molecule has 1 aliphatic carbocycles. The second kappa shape index (κ2) is 4.78. The summed E-state index contributed by atoms with van der Waals surface area (Å²) in [7, 11) is 0. The third kappa shape index (κ3) is 2.31. The number of hydrogen-bond donors (Lipinski definition) is 3. The largest absolute Gasteiger partial charge is 0.508 e. The van der Waals surface area contributed by atoms with Gasteiger partial charge in [0.2, 0.25) is 0 Å². The standard InChI is InChI=1S/C14H20N2O2/c17-11-3-4-13(18)12(9-11)14(10-1-2-10)16-7-5-15-6-8-16/h3-4,9-10,14-15,17-18H,1-2,5-8H2/t14-/m1/s1. The summed E-state index contributed by atoms with van der Waals surface area (Å²) < 4.78 is 0. The fourth-order valence-corrected chi connectivity index (χ4v) is 2.90. The van der Waals surface area contributed by atoms with Gasteiger partial charge in [-0.25, -0.2) is 0 Å². The van der Waals surface area contributed by atoms with Gasteiger partial charge in [-0.2, -0.15) is 0 Å². The lowest BCUT2D eigenvalue weighted by atomic mass is 9.98. The Balaban J connectivity index is 1.90. The van der Waals surface area contributed by atoms with Crippen LogP contribution in [0.3, 0.4) is 0 Å². The number of aromatic hydroxyl groups is 2. The van der Waals surface area contributed by atoms with E-state index in [9.17, 15) is 10.2 Å². The molecular formula is C14H20N2O2. The Kier molecular flexibility index (Phi) is 3.14. The van der Waals surface area contributed by atoms with Gasteiger partial charge in [-0.1, -0.05) is 0 Å². The van der Waals surface area contributed by atoms with Crippen molar-refractivity contribution >= 4 is 0 Å². The van der Waals surface area contributed by atoms with E-state index in [1.54, 1.807) is 18.2 Å². The third-order valence-corrected chi connectivity index (χ3v) is 3.94. The Labute approximate surface area is 107 Å². The number of phenols is 2. The highest BCUT2D eigenvalue weighted by Crippen LogP contribution is 2.47. The average Bonchev–Trinajstić information content (AvgIpc) is 3.20. The van der Waals surface area contributed by atoms with Crippen LogP contribution >= 0.6 is 0 Å². The molecule has 3 N–H and O–H groups in total. The van der Waals surface area contributed by atoms with Crippen molar-refractivity contribution in [2.45, 2.75) is 18.9 Å². The predicted molar refractivity (Wildman–Crippen MR) is 69.7 cm³/mol. The van der Waals surface area contributed by atoms with E-state index in [-0.39, 0.29) is 11.8 Å². The molecule has 1 aromatic rings. The van der Waals surface area contributed by atoms with E-state index in [0.29, 0.717) is 11.7 Å². The Bertz CT molecular complexity index is 426. The van der Waals surface area contributed by atoms with Crippen molar-refractivity contribution in [3.05, 3.63) is 23.8 Å². The first-order chi connectivity index (χ1) is 8.75. The molecule has 1 atom stereocenters. The molecule has 3 rings (SSSR count). The minimum absolute atomic E-state index is 0.239. The molecule has 98 valence electrons. The molecule has 0 amide bonds. The first-order valence-electron chi connectivity index (χ1n) is 6.72. The topological polar surface area (TPSA) is 55.7 Å². The average molecular weight is 248 g/mol. The maximum absolute atomic E-state index is 10.1. The van der Waals surface area contributed by atoms with Crippen molar-refractivity contribution in [2.24, 2.45) is 5.92 Å². The zero-order valence-electron chi connectivity index (χ0n) is 10.5. The van der Waals surface area contributed by atoms with E-state index in [1.807, 2.05) is 0 Å². The van der Waals surface area contributed by atoms with Crippen LogP contribution in [0.1, 0.15) is 24.4 Å². The second-order valence-corrected chi connectivity index (χ2v) is 5.31. The minimum atomic E-state index is 0.239. The molecule has 1 saturated heterocycles. The maximum Gasteiger partial charge on any atom is 0.120 e. The molecule has 2 fully saturated rings. The number of piperazine rings is 1. The molecule has 4 heteroatoms. The molecule has 1 heterocycles. The van der Waals surface area contributed by atoms with E-state index in [1.165, 1.54) is 12.8 Å². The van der Waals surface area contributed by atoms with Gasteiger partial charge in [-0.3, -0.25) is 4.90 Å². The summed E-state index contributed by atoms with van der Waals surface area (Å²) >= 11 is 0. The Morgan fingerprint density at radius 1 is 1.17 bits per heavy atom. The van der Waals surface area contributed by atoms with Crippen LogP contribution in [0.2, 0.25) is 0 Å². The summed E-state index contributed by atoms with van der Waals surface area (Å²) in [5.41, 5.74) is 0.888. The van der Waals surface area contributed by atoms with Crippen LogP contribution in [0.5, 0.6) is 11.5 Å². The van der Waals surface area contributed by atoms with Crippen molar-refractivity contribution in [2.75, 3.05) is 26.2 Å². The Hall–Kier alpha value is -1.26. The number of rotatable bonds is 3. The highest BCUT2D eigenvalue weighted by Gasteiger charge is 2.38. The van der Waals surface area contributed by atoms with Crippen LogP contribution in [-0.2, 0) is 0 Å². The van der Waals surface area contributed by atoms with Crippen LogP contribution in [0, 0.1) is 5.92 Å². The molecule has 0 spiro atoms. The fourth-order valence-electron chi connectivity index (χ4n) is 2.90. The minimum Gasteiger partial charge on any atom is -0.508 e. The molecule has 0 unspecified atom stereocenters. The second-order valence-electron chi connectivity index (χ2n) is 5.31. The van der Waals surface area contributed by atoms with Gasteiger partial charge in [0.05, 0.1) is 0 Å². The third-order valence-electron chi connectivity index (χ3n) is 3.94. The van der Waals surface area contributed by atoms with Crippen molar-refractivity contribution in [1.82, 2.24) is 10.2 Å². The fraction of sp³-hybridized carbons (Fsp3) is 0.571. The summed E-state index contributed by atoms with van der Waals surface area (Å²) in [4.78, 5) is 2.43. The van der Waals surface area contributed by atoms with E-state index < -0.39 is 0 Å². The van der Waals surface area contributed by atoms with Crippen molar-refractivity contribution in [3.63, 3.8) is 0 Å². The number of hydrogen-bond acceptors (Lipinski definition) is 4. The lowest BCUT2D eigenvalue weighted by Gasteiger charge is -2.35. The summed E-state index contributed by atoms with van der Waals surface area (Å²) in [5, 5.41) is 23.1. The molecule has 2 aliphatic rings. The summed E-state index contributed by atoms with van der Waals surface area (Å²) in [6.07, 6.45) is 2.45. The summed E-state index contributed by atoms with van der Waals surface area (Å²) in [6.45, 7) is 4.03. The SMILES string of the molecule is Oc1ccc(O)c([C@@H](C2CC2)N2CCNCC2)c1. The number of phenolic OH excluding ortho intramolecular Hbond substituents is 2. The van der Waals surface area contributed by atoms with Gasteiger partial charge >= 0.3 is 0 Å². The van der Waals surface area contributed by atoms with Crippen LogP contribution in [0.25, 0.3) is 0 Å². The van der Waals surface area contributed by atoms with Crippen LogP contribution in [0.15, 0.2) is 18.2 Å². The van der Waals surface area contributed by atoms with E-state index >= 15 is 0 Å². The van der Waals surface area contributed by atoms with Gasteiger partial charge in [-0.05, 0) is 37.0 Å². The molecule has 4 nitrogen and oxygen atoms in total. The zero-order valence-corrected chi connectivity index (χ0v) is 10.5. The number of nitrogens with zero attached hydrogens (tertiary/aromatic N) is 1. The molecule has 0 radical (unpaired) electrons. The normalized spacial score (nSPS) is 22.9. The van der Waals surface area contributed by atoms with Crippen LogP contribution in [-0.4, -0.2) is 41.3 Å². The molecule has 1 saturated carbocycles. The van der Waals surface area contributed by atoms with Crippen LogP contribution < -0.4 is 5.32 Å². The zero-order chi connectivity index (χ0) is 12.5. The molecule has 0 aromatic heterocycles. The highest BCUT2D eigenvalue weighted by molar-refractivity contribution is 5.41. The van der Waals surface area contributed by atoms with Gasteiger partial charge in [0.1, 0.15) is 11.5 Å². The quantitative estimate of drug-likeness (QED) is 0.709. The molecule has 0 bridgehead atoms. The monoisotopic (exact) mass is 248 g/mol. The van der Waals surface area contributed by atoms with Crippen LogP contribution in [0.4, 0.5) is 0 Å². The van der Waals surface area contributed by atoms with E-state index in [2.05, 4.69) is 10.2 Å². The molecule has 1 aromatic carbocycles. The molecule has 18 heavy (non-hydrogen) atoms. The van der Waals surface area contributed by atoms with Gasteiger partial charge in [-0.15, -0.1) is 0 Å². The molecule has 1 aliphatic heterocycles. The van der Waals surface area contributed by atoms with Gasteiger partial charge in [0.25, 0.3) is 0 Å². The lowest BCUT2D eigenvalue weighted by molar-refractivity contribution is 0.153. The van der Waals surface area contributed by atoms with Gasteiger partial charge < -0.3 is 15.5 Å². The number of nitrogens with one attached hydrogen (secondary N) is 1. The van der Waals surface area contributed by atoms with Crippen molar-refractivity contribution < 1.29 is 10.2 Å². The van der Waals surface area contributed by atoms with E-state index in [4.69, 9.17) is 0 Å². The van der Waals surface area contributed by atoms with Crippen molar-refractivity contribution in [1.29, 1.82) is 0 Å². The molecular weight excluding hydrogens is 228 g/mol. The summed E-state index contributed by atoms with van der Waals surface area (Å²) in [5.74, 6) is 1.18. The van der Waals surface area contributed by atoms with Crippen molar-refractivity contribution in [3.8, 4) is 11.5 Å². The Morgan fingerprint density at radius 2 is 1.89 bits per heavy atom. The maximum atomic E-state index is 10.1. The predicted octanol–water partition coefficient (Wildman–Crippen LogP) is 1.45. The first-order valence-corrected chi connectivity index (χ1v) is 6.72. The first kappa shape index (κ1) is 11.8. The number of benzene rings is 1. The Morgan fingerprint density at radius 3 is 2.56 bits per heavy atom. The highest BCUT2D eigenvalue weighted by atomic mass is 16.3.